The maximum absolute atomic E-state index is 5.07. The van der Waals surface area contributed by atoms with Crippen LogP contribution in [0.2, 0.25) is 0 Å². The van der Waals surface area contributed by atoms with E-state index in [1.54, 1.807) is 0 Å². The van der Waals surface area contributed by atoms with E-state index in [1.165, 1.54) is 38.8 Å². The van der Waals surface area contributed by atoms with Crippen LogP contribution in [0.1, 0.15) is 128 Å². The molecule has 0 aliphatic carbocycles. The summed E-state index contributed by atoms with van der Waals surface area (Å²) >= 11 is 0. The van der Waals surface area contributed by atoms with Gasteiger partial charge in [0.05, 0.1) is 0 Å². The summed E-state index contributed by atoms with van der Waals surface area (Å²) in [6, 6.07) is 68.2. The molecule has 4 nitrogen and oxygen atoms in total. The van der Waals surface area contributed by atoms with Crippen molar-refractivity contribution in [1.82, 2.24) is 9.55 Å². The number of aromatic nitrogens is 2. The van der Waals surface area contributed by atoms with Crippen LogP contribution in [0.4, 0.5) is 22.7 Å². The van der Waals surface area contributed by atoms with E-state index in [0.717, 1.165) is 56.1 Å². The standard InChI is InChI=1S/C65H65N4.Pt/c1-61(2,3)46-34-35-66-60(42-46)69-56-33-31-49(65(12,44-22-15-13-16-23-44)45-24-17-14-18-25-45)40-55(56)54-32-30-48(41-59(54)69)64(10,11)47-26-21-27-52(37-47)67-43-68(58-29-20-19-28-57(58)67)53-38-50(62(4,5)6)36-51(39-53)63(7,8)9;/h13-36,38-40,42-43H,1-12H3;/q-3;. The van der Waals surface area contributed by atoms with Crippen LogP contribution < -0.4 is 9.80 Å². The molecule has 9 aromatic rings. The van der Waals surface area contributed by atoms with Gasteiger partial charge in [-0.05, 0) is 110 Å². The number of anilines is 4. The number of hydrogen-bond donors (Lipinski definition) is 0. The van der Waals surface area contributed by atoms with Crippen molar-refractivity contribution in [2.45, 2.75) is 110 Å². The average Bonchev–Trinajstić information content (AvgIpc) is 3.89. The summed E-state index contributed by atoms with van der Waals surface area (Å²) in [5, 5.41) is 2.32. The number of rotatable bonds is 8. The Kier molecular flexibility index (Phi) is 12.5. The molecule has 2 aromatic heterocycles. The SMILES string of the molecule is CC(C)(C)c1cc(N2[CH-]N(c3[c-]c(C(C)(C)c4[c-]c5c(cc4)c4cc(C(C)(c6ccccc6)c6ccccc6)ccc4n5-c4cc(C(C)(C)C)ccn4)ccc3)c3ccccc32)cc(C(C)(C)C)c1.[Pt]. The Morgan fingerprint density at radius 3 is 1.61 bits per heavy atom. The van der Waals surface area contributed by atoms with Gasteiger partial charge in [0.1, 0.15) is 5.82 Å². The molecule has 0 fully saturated rings. The van der Waals surface area contributed by atoms with Crippen LogP contribution in [0.5, 0.6) is 0 Å². The third-order valence-corrected chi connectivity index (χ3v) is 14.7. The van der Waals surface area contributed by atoms with Crippen molar-refractivity contribution in [3.05, 3.63) is 233 Å². The van der Waals surface area contributed by atoms with Gasteiger partial charge in [-0.15, -0.1) is 17.7 Å². The Morgan fingerprint density at radius 1 is 0.443 bits per heavy atom. The maximum Gasteiger partial charge on any atom is 0.135 e. The number of para-hydroxylation sites is 2. The molecule has 0 radical (unpaired) electrons. The summed E-state index contributed by atoms with van der Waals surface area (Å²) in [5.74, 6) is 0.888. The first kappa shape index (κ1) is 48.8. The molecule has 10 rings (SSSR count). The molecule has 1 aliphatic rings. The summed E-state index contributed by atoms with van der Waals surface area (Å²) in [6.07, 6.45) is 1.96. The van der Waals surface area contributed by atoms with E-state index in [-0.39, 0.29) is 37.3 Å². The maximum atomic E-state index is 5.07. The van der Waals surface area contributed by atoms with Crippen molar-refractivity contribution < 1.29 is 21.1 Å². The monoisotopic (exact) mass is 1100 g/mol. The van der Waals surface area contributed by atoms with Crippen LogP contribution in [-0.2, 0) is 48.1 Å². The third-order valence-electron chi connectivity index (χ3n) is 14.7. The summed E-state index contributed by atoms with van der Waals surface area (Å²) in [5.41, 5.74) is 15.4. The number of fused-ring (bicyclic) bond motifs is 4. The van der Waals surface area contributed by atoms with Gasteiger partial charge in [-0.1, -0.05) is 173 Å². The van der Waals surface area contributed by atoms with Crippen LogP contribution in [0, 0.1) is 18.8 Å². The summed E-state index contributed by atoms with van der Waals surface area (Å²) in [4.78, 5) is 9.72. The Morgan fingerprint density at radius 2 is 1.01 bits per heavy atom. The quantitative estimate of drug-likeness (QED) is 0.112. The molecular formula is C65H65N4Pt-3. The zero-order valence-electron chi connectivity index (χ0n) is 42.8. The van der Waals surface area contributed by atoms with E-state index < -0.39 is 10.8 Å². The van der Waals surface area contributed by atoms with Crippen molar-refractivity contribution in [3.8, 4) is 5.82 Å². The van der Waals surface area contributed by atoms with Crippen molar-refractivity contribution in [1.29, 1.82) is 0 Å². The average molecular weight is 1100 g/mol. The van der Waals surface area contributed by atoms with E-state index in [2.05, 4.69) is 280 Å². The fraction of sp³-hybridized carbons (Fsp3) is 0.262. The largest absolute Gasteiger partial charge is 0.493 e. The van der Waals surface area contributed by atoms with Crippen LogP contribution >= 0.6 is 0 Å². The second kappa shape index (κ2) is 17.9. The van der Waals surface area contributed by atoms with Crippen LogP contribution in [0.15, 0.2) is 170 Å². The summed E-state index contributed by atoms with van der Waals surface area (Å²) in [6.45, 7) is 29.8. The first-order valence-corrected chi connectivity index (χ1v) is 24.5. The van der Waals surface area contributed by atoms with E-state index >= 15 is 0 Å². The molecule has 0 saturated heterocycles. The number of benzene rings is 7. The first-order chi connectivity index (χ1) is 32.7. The van der Waals surface area contributed by atoms with E-state index in [1.807, 2.05) is 6.20 Å². The Labute approximate surface area is 431 Å². The van der Waals surface area contributed by atoms with Gasteiger partial charge in [0, 0.05) is 55.3 Å². The first-order valence-electron chi connectivity index (χ1n) is 24.5. The smallest absolute Gasteiger partial charge is 0.135 e. The molecule has 7 aromatic carbocycles. The van der Waals surface area contributed by atoms with Gasteiger partial charge in [-0.25, -0.2) is 4.98 Å². The predicted molar refractivity (Wildman–Crippen MR) is 291 cm³/mol. The van der Waals surface area contributed by atoms with Gasteiger partial charge >= 0.3 is 0 Å². The Hall–Kier alpha value is -6.22. The van der Waals surface area contributed by atoms with Gasteiger partial charge in [-0.2, -0.15) is 53.6 Å². The Balaban J connectivity index is 0.00000608. The van der Waals surface area contributed by atoms with Gasteiger partial charge in [0.15, 0.2) is 0 Å². The van der Waals surface area contributed by atoms with E-state index in [4.69, 9.17) is 4.98 Å². The molecule has 1 aliphatic heterocycles. The van der Waals surface area contributed by atoms with Crippen LogP contribution in [0.3, 0.4) is 0 Å². The molecule has 358 valence electrons. The van der Waals surface area contributed by atoms with Crippen LogP contribution in [0.25, 0.3) is 27.6 Å². The number of hydrogen-bond acceptors (Lipinski definition) is 3. The molecule has 0 unspecified atom stereocenters. The number of pyridine rings is 1. The van der Waals surface area contributed by atoms with Crippen molar-refractivity contribution in [3.63, 3.8) is 0 Å². The molecule has 0 spiro atoms. The van der Waals surface area contributed by atoms with E-state index in [0.29, 0.717) is 0 Å². The third kappa shape index (κ3) is 8.61. The number of nitrogens with zero attached hydrogens (tertiary/aromatic N) is 4. The van der Waals surface area contributed by atoms with Crippen molar-refractivity contribution in [2.75, 3.05) is 9.80 Å². The minimum Gasteiger partial charge on any atom is -0.493 e. The molecule has 0 atom stereocenters. The van der Waals surface area contributed by atoms with Gasteiger partial charge < -0.3 is 14.4 Å². The fourth-order valence-electron chi connectivity index (χ4n) is 10.1. The minimum absolute atomic E-state index is 0. The molecule has 70 heavy (non-hydrogen) atoms. The topological polar surface area (TPSA) is 24.3 Å². The summed E-state index contributed by atoms with van der Waals surface area (Å²) < 4.78 is 2.33. The van der Waals surface area contributed by atoms with Crippen LogP contribution in [-0.4, -0.2) is 9.55 Å². The van der Waals surface area contributed by atoms with E-state index in [9.17, 15) is 0 Å². The second-order valence-electron chi connectivity index (χ2n) is 22.9. The van der Waals surface area contributed by atoms with Gasteiger partial charge in [0.25, 0.3) is 0 Å². The molecule has 0 bridgehead atoms. The van der Waals surface area contributed by atoms with Gasteiger partial charge in [0.2, 0.25) is 0 Å². The minimum atomic E-state index is -0.460. The van der Waals surface area contributed by atoms with Crippen molar-refractivity contribution >= 4 is 44.6 Å². The second-order valence-corrected chi connectivity index (χ2v) is 22.9. The molecule has 0 amide bonds. The molecular weight excluding hydrogens is 1030 g/mol. The fourth-order valence-corrected chi connectivity index (χ4v) is 10.1. The molecule has 0 saturated carbocycles. The Bertz CT molecular complexity index is 3290. The zero-order valence-corrected chi connectivity index (χ0v) is 45.1. The summed E-state index contributed by atoms with van der Waals surface area (Å²) in [7, 11) is 0. The zero-order chi connectivity index (χ0) is 48.7. The predicted octanol–water partition coefficient (Wildman–Crippen LogP) is 16.8. The molecule has 0 N–H and O–H groups in total. The normalized spacial score (nSPS) is 13.5. The van der Waals surface area contributed by atoms with Gasteiger partial charge in [-0.3, -0.25) is 0 Å². The van der Waals surface area contributed by atoms with Crippen molar-refractivity contribution in [2.24, 2.45) is 0 Å². The molecule has 3 heterocycles. The molecule has 5 heteroatoms.